The highest BCUT2D eigenvalue weighted by Crippen LogP contribution is 2.34. The summed E-state index contributed by atoms with van der Waals surface area (Å²) >= 11 is 6.05. The monoisotopic (exact) mass is 414 g/mol. The first-order valence-electron chi connectivity index (χ1n) is 10.1. The van der Waals surface area contributed by atoms with Crippen molar-refractivity contribution < 1.29 is 4.74 Å². The zero-order chi connectivity index (χ0) is 20.5. The Hall–Kier alpha value is -2.38. The van der Waals surface area contributed by atoms with Gasteiger partial charge < -0.3 is 15.8 Å². The highest BCUT2D eigenvalue weighted by Gasteiger charge is 2.25. The number of rotatable bonds is 5. The number of ether oxygens (including phenoxy) is 1. The number of nitrogen functional groups attached to an aromatic ring is 1. The minimum atomic E-state index is 0.0588. The van der Waals surface area contributed by atoms with E-state index in [1.807, 2.05) is 24.3 Å². The summed E-state index contributed by atoms with van der Waals surface area (Å²) in [5, 5.41) is 8.84. The summed E-state index contributed by atoms with van der Waals surface area (Å²) in [5.74, 6) is 0.568. The van der Waals surface area contributed by atoms with Gasteiger partial charge in [0.1, 0.15) is 6.10 Å². The van der Waals surface area contributed by atoms with E-state index in [1.165, 1.54) is 0 Å². The minimum absolute atomic E-state index is 0.0588. The molecule has 3 N–H and O–H groups in total. The lowest BCUT2D eigenvalue weighted by Gasteiger charge is -2.22. The van der Waals surface area contributed by atoms with Gasteiger partial charge in [-0.15, -0.1) is 0 Å². The van der Waals surface area contributed by atoms with Gasteiger partial charge in [-0.1, -0.05) is 44.5 Å². The molecule has 3 aromatic rings. The van der Waals surface area contributed by atoms with Crippen LogP contribution in [0, 0.1) is 0 Å². The number of halogens is 1. The Morgan fingerprint density at radius 3 is 2.62 bits per heavy atom. The van der Waals surface area contributed by atoms with Crippen molar-refractivity contribution in [3.05, 3.63) is 46.1 Å². The average Bonchev–Trinajstić information content (AvgIpc) is 3.09. The maximum Gasteiger partial charge on any atom is 0.322 e. The van der Waals surface area contributed by atoms with Crippen LogP contribution in [-0.4, -0.2) is 38.8 Å². The third kappa shape index (κ3) is 4.02. The molecule has 2 aromatic heterocycles. The van der Waals surface area contributed by atoms with Crippen molar-refractivity contribution in [1.82, 2.24) is 24.9 Å². The van der Waals surface area contributed by atoms with Crippen LogP contribution in [0.3, 0.4) is 0 Å². The lowest BCUT2D eigenvalue weighted by molar-refractivity contribution is 0.153. The largest absolute Gasteiger partial charge is 0.459 e. The van der Waals surface area contributed by atoms with E-state index in [0.29, 0.717) is 16.7 Å². The number of fused-ring (bicyclic) bond motifs is 1. The van der Waals surface area contributed by atoms with E-state index in [2.05, 4.69) is 31.1 Å². The van der Waals surface area contributed by atoms with Crippen molar-refractivity contribution in [3.63, 3.8) is 0 Å². The second kappa shape index (κ2) is 8.16. The number of aromatic nitrogens is 4. The fourth-order valence-corrected chi connectivity index (χ4v) is 4.00. The van der Waals surface area contributed by atoms with E-state index in [1.54, 1.807) is 4.52 Å². The molecule has 0 aliphatic carbocycles. The molecule has 3 heterocycles. The number of hydrogen-bond donors (Lipinski definition) is 2. The Morgan fingerprint density at radius 2 is 1.97 bits per heavy atom. The minimum Gasteiger partial charge on any atom is -0.459 e. The van der Waals surface area contributed by atoms with Crippen LogP contribution in [0.2, 0.25) is 5.02 Å². The molecule has 0 saturated carbocycles. The number of piperidine rings is 1. The first kappa shape index (κ1) is 19.9. The quantitative estimate of drug-likeness (QED) is 0.660. The molecule has 1 aliphatic rings. The summed E-state index contributed by atoms with van der Waals surface area (Å²) in [7, 11) is 0. The van der Waals surface area contributed by atoms with Crippen molar-refractivity contribution in [1.29, 1.82) is 0 Å². The molecule has 0 bridgehead atoms. The number of nitrogens with one attached hydrogen (secondary N) is 1. The first-order chi connectivity index (χ1) is 13.9. The van der Waals surface area contributed by atoms with Gasteiger partial charge in [0.25, 0.3) is 0 Å². The summed E-state index contributed by atoms with van der Waals surface area (Å²) in [6.45, 7) is 8.22. The first-order valence-corrected chi connectivity index (χ1v) is 10.5. The van der Waals surface area contributed by atoms with E-state index in [4.69, 9.17) is 32.2 Å². The summed E-state index contributed by atoms with van der Waals surface area (Å²) < 4.78 is 7.65. The van der Waals surface area contributed by atoms with E-state index >= 15 is 0 Å². The molecule has 29 heavy (non-hydrogen) atoms. The molecule has 4 rings (SSSR count). The number of nitrogens with zero attached hydrogens (tertiary/aromatic N) is 4. The zero-order valence-corrected chi connectivity index (χ0v) is 17.8. The van der Waals surface area contributed by atoms with Gasteiger partial charge in [-0.2, -0.15) is 19.6 Å². The summed E-state index contributed by atoms with van der Waals surface area (Å²) in [6, 6.07) is 8.17. The third-order valence-electron chi connectivity index (χ3n) is 5.44. The second-order valence-corrected chi connectivity index (χ2v) is 8.35. The molecule has 154 valence electrons. The van der Waals surface area contributed by atoms with Crippen molar-refractivity contribution in [2.24, 2.45) is 0 Å². The van der Waals surface area contributed by atoms with Crippen LogP contribution in [0.15, 0.2) is 24.3 Å². The van der Waals surface area contributed by atoms with Crippen LogP contribution in [0.25, 0.3) is 5.65 Å². The maximum absolute atomic E-state index is 6.24. The molecule has 8 heteroatoms. The molecular formula is C21H27ClN6O. The van der Waals surface area contributed by atoms with E-state index in [-0.39, 0.29) is 23.9 Å². The normalized spacial score (nSPS) is 18.3. The number of benzene rings is 1. The average molecular weight is 415 g/mol. The van der Waals surface area contributed by atoms with Gasteiger partial charge in [0, 0.05) is 23.0 Å². The predicted octanol–water partition coefficient (Wildman–Crippen LogP) is 3.77. The van der Waals surface area contributed by atoms with Crippen LogP contribution in [0.1, 0.15) is 62.3 Å². The number of anilines is 1. The Balaban J connectivity index is 1.76. The van der Waals surface area contributed by atoms with Crippen molar-refractivity contribution in [3.8, 4) is 6.01 Å². The molecule has 1 fully saturated rings. The summed E-state index contributed by atoms with van der Waals surface area (Å²) in [4.78, 5) is 9.05. The Bertz CT molecular complexity index is 995. The highest BCUT2D eigenvalue weighted by atomic mass is 35.5. The molecular weight excluding hydrogens is 388 g/mol. The third-order valence-corrected chi connectivity index (χ3v) is 5.69. The molecule has 2 atom stereocenters. The number of nitrogens with two attached hydrogens (primary N) is 1. The molecule has 0 unspecified atom stereocenters. The van der Waals surface area contributed by atoms with Crippen LogP contribution < -0.4 is 15.8 Å². The summed E-state index contributed by atoms with van der Waals surface area (Å²) in [6.07, 6.45) is 2.12. The van der Waals surface area contributed by atoms with Gasteiger partial charge in [0.2, 0.25) is 5.95 Å². The van der Waals surface area contributed by atoms with Crippen molar-refractivity contribution >= 4 is 23.2 Å². The fourth-order valence-electron chi connectivity index (χ4n) is 3.87. The highest BCUT2D eigenvalue weighted by molar-refractivity contribution is 6.30. The fraction of sp³-hybridized carbons (Fsp3) is 0.476. The lowest BCUT2D eigenvalue weighted by Crippen LogP contribution is -2.37. The van der Waals surface area contributed by atoms with Gasteiger partial charge >= 0.3 is 6.01 Å². The van der Waals surface area contributed by atoms with Gasteiger partial charge in [0.15, 0.2) is 5.65 Å². The SMILES string of the molecule is CC(C)c1c([C@@H](C)c2ccc(Cl)cc2)nn2c(N)nc(O[C@@H]3CCCNC3)nc12. The maximum atomic E-state index is 6.24. The van der Waals surface area contributed by atoms with Crippen LogP contribution in [-0.2, 0) is 0 Å². The number of hydrogen-bond acceptors (Lipinski definition) is 6. The van der Waals surface area contributed by atoms with Gasteiger partial charge in [-0.05, 0) is 43.0 Å². The molecule has 0 radical (unpaired) electrons. The zero-order valence-electron chi connectivity index (χ0n) is 17.0. The smallest absolute Gasteiger partial charge is 0.322 e. The summed E-state index contributed by atoms with van der Waals surface area (Å²) in [5.41, 5.74) is 10.1. The predicted molar refractivity (Wildman–Crippen MR) is 115 cm³/mol. The van der Waals surface area contributed by atoms with Crippen LogP contribution >= 0.6 is 11.6 Å². The van der Waals surface area contributed by atoms with E-state index < -0.39 is 0 Å². The Labute approximate surface area is 175 Å². The van der Waals surface area contributed by atoms with Gasteiger partial charge in [-0.25, -0.2) is 0 Å². The standard InChI is InChI=1S/C21H27ClN6O/c1-12(2)17-18(13(3)14-6-8-15(22)9-7-14)27-28-19(17)25-21(26-20(28)23)29-16-5-4-10-24-11-16/h6-9,12-13,16,24H,4-5,10-11H2,1-3H3,(H2,23,25,26)/t13-,16+/m0/s1. The molecule has 0 spiro atoms. The van der Waals surface area contributed by atoms with E-state index in [9.17, 15) is 0 Å². The molecule has 1 aliphatic heterocycles. The molecule has 0 amide bonds. The van der Waals surface area contributed by atoms with Gasteiger partial charge in [-0.3, -0.25) is 0 Å². The van der Waals surface area contributed by atoms with E-state index in [0.717, 1.165) is 42.8 Å². The molecule has 1 saturated heterocycles. The Morgan fingerprint density at radius 1 is 1.21 bits per heavy atom. The molecule has 7 nitrogen and oxygen atoms in total. The second-order valence-electron chi connectivity index (χ2n) is 7.91. The Kier molecular flexibility index (Phi) is 5.61. The van der Waals surface area contributed by atoms with Crippen LogP contribution in [0.5, 0.6) is 6.01 Å². The van der Waals surface area contributed by atoms with Crippen LogP contribution in [0.4, 0.5) is 5.95 Å². The molecule has 1 aromatic carbocycles. The topological polar surface area (TPSA) is 90.4 Å². The van der Waals surface area contributed by atoms with Gasteiger partial charge in [0.05, 0.1) is 5.69 Å². The van der Waals surface area contributed by atoms with Crippen molar-refractivity contribution in [2.75, 3.05) is 18.8 Å². The lowest BCUT2D eigenvalue weighted by atomic mass is 9.91. The van der Waals surface area contributed by atoms with Crippen molar-refractivity contribution in [2.45, 2.75) is 51.6 Å².